The third-order valence-corrected chi connectivity index (χ3v) is 4.73. The Morgan fingerprint density at radius 2 is 2.05 bits per heavy atom. The molecule has 4 heteroatoms. The Kier molecular flexibility index (Phi) is 5.55. The molecule has 0 spiro atoms. The van der Waals surface area contributed by atoms with Gasteiger partial charge in [-0.2, -0.15) is 0 Å². The molecule has 0 saturated heterocycles. The van der Waals surface area contributed by atoms with Crippen molar-refractivity contribution < 1.29 is 0 Å². The molecule has 0 saturated carbocycles. The largest absolute Gasteiger partial charge is 0.312 e. The summed E-state index contributed by atoms with van der Waals surface area (Å²) in [7, 11) is 0. The maximum Gasteiger partial charge on any atom is 0.125 e. The van der Waals surface area contributed by atoms with Gasteiger partial charge >= 0.3 is 0 Å². The quantitative estimate of drug-likeness (QED) is 0.830. The first-order valence-electron chi connectivity index (χ1n) is 6.70. The molecule has 1 N–H and O–H groups in total. The van der Waals surface area contributed by atoms with Gasteiger partial charge in [0.2, 0.25) is 0 Å². The summed E-state index contributed by atoms with van der Waals surface area (Å²) in [5.74, 6) is 0. The zero-order valence-electron chi connectivity index (χ0n) is 11.4. The number of halogens is 1. The standard InChI is InChI=1S/C15H19BrN2S/c1-3-7-13-14(10-17-4-2)19-15(18-13)11-8-5-6-9-12(11)16/h5-6,8-9,17H,3-4,7,10H2,1-2H3. The van der Waals surface area contributed by atoms with Crippen molar-refractivity contribution in [3.8, 4) is 10.6 Å². The van der Waals surface area contributed by atoms with Crippen molar-refractivity contribution >= 4 is 27.3 Å². The Labute approximate surface area is 127 Å². The van der Waals surface area contributed by atoms with Crippen LogP contribution < -0.4 is 5.32 Å². The highest BCUT2D eigenvalue weighted by molar-refractivity contribution is 9.10. The molecule has 0 amide bonds. The van der Waals surface area contributed by atoms with Crippen molar-refractivity contribution in [3.05, 3.63) is 39.3 Å². The molecule has 1 heterocycles. The van der Waals surface area contributed by atoms with E-state index in [2.05, 4.69) is 53.3 Å². The zero-order chi connectivity index (χ0) is 13.7. The molecule has 2 rings (SSSR count). The van der Waals surface area contributed by atoms with E-state index < -0.39 is 0 Å². The summed E-state index contributed by atoms with van der Waals surface area (Å²) in [6.45, 7) is 6.26. The second-order valence-corrected chi connectivity index (χ2v) is 6.34. The van der Waals surface area contributed by atoms with Gasteiger partial charge in [0.1, 0.15) is 5.01 Å². The van der Waals surface area contributed by atoms with Gasteiger partial charge in [-0.1, -0.05) is 54.4 Å². The van der Waals surface area contributed by atoms with E-state index in [1.54, 1.807) is 11.3 Å². The number of rotatable bonds is 6. The molecule has 0 unspecified atom stereocenters. The SMILES string of the molecule is CCCc1nc(-c2ccccc2Br)sc1CNCC. The number of nitrogens with zero attached hydrogens (tertiary/aromatic N) is 1. The van der Waals surface area contributed by atoms with E-state index in [0.717, 1.165) is 35.4 Å². The average molecular weight is 339 g/mol. The minimum Gasteiger partial charge on any atom is -0.312 e. The number of benzene rings is 1. The van der Waals surface area contributed by atoms with Crippen LogP contribution in [0.15, 0.2) is 28.7 Å². The van der Waals surface area contributed by atoms with Crippen molar-refractivity contribution in [3.63, 3.8) is 0 Å². The van der Waals surface area contributed by atoms with Crippen LogP contribution in [0, 0.1) is 0 Å². The molecule has 0 aliphatic carbocycles. The first kappa shape index (κ1) is 14.7. The molecule has 0 aliphatic rings. The summed E-state index contributed by atoms with van der Waals surface area (Å²) in [5.41, 5.74) is 2.44. The fourth-order valence-electron chi connectivity index (χ4n) is 1.94. The summed E-state index contributed by atoms with van der Waals surface area (Å²) in [4.78, 5) is 6.20. The molecule has 19 heavy (non-hydrogen) atoms. The van der Waals surface area contributed by atoms with Crippen LogP contribution >= 0.6 is 27.3 Å². The minimum atomic E-state index is 0.925. The molecule has 0 aliphatic heterocycles. The Morgan fingerprint density at radius 3 is 2.74 bits per heavy atom. The van der Waals surface area contributed by atoms with Crippen LogP contribution in [0.3, 0.4) is 0 Å². The van der Waals surface area contributed by atoms with Gasteiger partial charge in [0.25, 0.3) is 0 Å². The lowest BCUT2D eigenvalue weighted by Gasteiger charge is -2.00. The summed E-state index contributed by atoms with van der Waals surface area (Å²) >= 11 is 5.41. The van der Waals surface area contributed by atoms with Gasteiger partial charge in [0.05, 0.1) is 5.69 Å². The van der Waals surface area contributed by atoms with Crippen molar-refractivity contribution in [2.45, 2.75) is 33.2 Å². The number of nitrogens with one attached hydrogen (secondary N) is 1. The number of thiazole rings is 1. The topological polar surface area (TPSA) is 24.9 Å². The monoisotopic (exact) mass is 338 g/mol. The van der Waals surface area contributed by atoms with Crippen LogP contribution in [0.4, 0.5) is 0 Å². The molecule has 102 valence electrons. The van der Waals surface area contributed by atoms with Gasteiger partial charge in [0, 0.05) is 21.5 Å². The first-order chi connectivity index (χ1) is 9.26. The van der Waals surface area contributed by atoms with E-state index in [4.69, 9.17) is 4.98 Å². The minimum absolute atomic E-state index is 0.925. The van der Waals surface area contributed by atoms with Crippen molar-refractivity contribution in [2.75, 3.05) is 6.54 Å². The van der Waals surface area contributed by atoms with Gasteiger partial charge in [-0.25, -0.2) is 4.98 Å². The predicted octanol–water partition coefficient (Wildman–Crippen LogP) is 4.63. The molecule has 0 bridgehead atoms. The van der Waals surface area contributed by atoms with E-state index in [1.807, 2.05) is 6.07 Å². The number of aryl methyl sites for hydroxylation is 1. The zero-order valence-corrected chi connectivity index (χ0v) is 13.8. The first-order valence-corrected chi connectivity index (χ1v) is 8.31. The van der Waals surface area contributed by atoms with Crippen molar-refractivity contribution in [1.82, 2.24) is 10.3 Å². The van der Waals surface area contributed by atoms with Gasteiger partial charge in [-0.3, -0.25) is 0 Å². The molecule has 0 atom stereocenters. The Hall–Kier alpha value is -0.710. The molecule has 1 aromatic heterocycles. The number of hydrogen-bond donors (Lipinski definition) is 1. The lowest BCUT2D eigenvalue weighted by Crippen LogP contribution is -2.11. The van der Waals surface area contributed by atoms with E-state index in [9.17, 15) is 0 Å². The normalized spacial score (nSPS) is 10.9. The maximum absolute atomic E-state index is 4.83. The van der Waals surface area contributed by atoms with E-state index in [0.29, 0.717) is 0 Å². The summed E-state index contributed by atoms with van der Waals surface area (Å²) < 4.78 is 1.11. The fourth-order valence-corrected chi connectivity index (χ4v) is 3.66. The molecule has 0 radical (unpaired) electrons. The average Bonchev–Trinajstić information content (AvgIpc) is 2.80. The van der Waals surface area contributed by atoms with Crippen LogP contribution in [-0.2, 0) is 13.0 Å². The van der Waals surface area contributed by atoms with Gasteiger partial charge < -0.3 is 5.32 Å². The predicted molar refractivity (Wildman–Crippen MR) is 86.6 cm³/mol. The van der Waals surface area contributed by atoms with Crippen LogP contribution in [0.1, 0.15) is 30.8 Å². The van der Waals surface area contributed by atoms with Gasteiger partial charge in [-0.05, 0) is 19.0 Å². The molecule has 2 aromatic rings. The van der Waals surface area contributed by atoms with Crippen molar-refractivity contribution in [2.24, 2.45) is 0 Å². The smallest absolute Gasteiger partial charge is 0.125 e. The summed E-state index contributed by atoms with van der Waals surface area (Å²) in [5, 5.41) is 4.52. The molecule has 2 nitrogen and oxygen atoms in total. The van der Waals surface area contributed by atoms with Crippen molar-refractivity contribution in [1.29, 1.82) is 0 Å². The lowest BCUT2D eigenvalue weighted by molar-refractivity contribution is 0.723. The Balaban J connectivity index is 2.34. The van der Waals surface area contributed by atoms with E-state index >= 15 is 0 Å². The summed E-state index contributed by atoms with van der Waals surface area (Å²) in [6, 6.07) is 8.29. The third-order valence-electron chi connectivity index (χ3n) is 2.90. The highest BCUT2D eigenvalue weighted by Gasteiger charge is 2.13. The van der Waals surface area contributed by atoms with Gasteiger partial charge in [0.15, 0.2) is 0 Å². The number of aromatic nitrogens is 1. The van der Waals surface area contributed by atoms with Crippen LogP contribution in [0.25, 0.3) is 10.6 Å². The molecular formula is C15H19BrN2S. The van der Waals surface area contributed by atoms with Crippen LogP contribution in [0.2, 0.25) is 0 Å². The van der Waals surface area contributed by atoms with Crippen LogP contribution in [-0.4, -0.2) is 11.5 Å². The highest BCUT2D eigenvalue weighted by atomic mass is 79.9. The third kappa shape index (κ3) is 3.65. The Bertz CT molecular complexity index is 537. The lowest BCUT2D eigenvalue weighted by atomic mass is 10.2. The van der Waals surface area contributed by atoms with E-state index in [1.165, 1.54) is 16.1 Å². The second-order valence-electron chi connectivity index (χ2n) is 4.40. The Morgan fingerprint density at radius 1 is 1.26 bits per heavy atom. The molecule has 0 fully saturated rings. The van der Waals surface area contributed by atoms with Gasteiger partial charge in [-0.15, -0.1) is 11.3 Å². The van der Waals surface area contributed by atoms with E-state index in [-0.39, 0.29) is 0 Å². The van der Waals surface area contributed by atoms with Crippen LogP contribution in [0.5, 0.6) is 0 Å². The summed E-state index contributed by atoms with van der Waals surface area (Å²) in [6.07, 6.45) is 2.19. The fraction of sp³-hybridized carbons (Fsp3) is 0.400. The highest BCUT2D eigenvalue weighted by Crippen LogP contribution is 2.33. The molecular weight excluding hydrogens is 320 g/mol. The second kappa shape index (κ2) is 7.17. The maximum atomic E-state index is 4.83. The molecule has 1 aromatic carbocycles. The number of hydrogen-bond acceptors (Lipinski definition) is 3.